The summed E-state index contributed by atoms with van der Waals surface area (Å²) in [6.45, 7) is 0.832. The maximum Gasteiger partial charge on any atom is 0.225 e. The van der Waals surface area contributed by atoms with Crippen molar-refractivity contribution in [2.75, 3.05) is 7.11 Å². The Morgan fingerprint density at radius 1 is 1.55 bits per heavy atom. The van der Waals surface area contributed by atoms with Crippen molar-refractivity contribution in [1.82, 2.24) is 20.1 Å². The number of amides is 1. The first-order chi connectivity index (χ1) is 10.7. The van der Waals surface area contributed by atoms with Gasteiger partial charge in [-0.3, -0.25) is 4.79 Å². The Hall–Kier alpha value is -2.44. The van der Waals surface area contributed by atoms with E-state index in [9.17, 15) is 9.18 Å². The highest BCUT2D eigenvalue weighted by Crippen LogP contribution is 2.19. The Kier molecular flexibility index (Phi) is 4.04. The molecule has 7 heteroatoms. The summed E-state index contributed by atoms with van der Waals surface area (Å²) in [5.74, 6) is 0.510. The van der Waals surface area contributed by atoms with Gasteiger partial charge in [0, 0.05) is 13.0 Å². The zero-order valence-electron chi connectivity index (χ0n) is 12.3. The Balaban J connectivity index is 1.58. The number of rotatable bonds is 4. The molecule has 1 aromatic heterocycles. The first kappa shape index (κ1) is 14.5. The van der Waals surface area contributed by atoms with Crippen LogP contribution in [0.5, 0.6) is 5.75 Å². The third-order valence-electron chi connectivity index (χ3n) is 3.86. The van der Waals surface area contributed by atoms with Crippen molar-refractivity contribution in [3.05, 3.63) is 41.7 Å². The quantitative estimate of drug-likeness (QED) is 0.924. The second kappa shape index (κ2) is 6.13. The first-order valence-corrected chi connectivity index (χ1v) is 7.14. The molecule has 1 unspecified atom stereocenters. The molecule has 1 aliphatic heterocycles. The Morgan fingerprint density at radius 3 is 3.18 bits per heavy atom. The number of halogens is 1. The lowest BCUT2D eigenvalue weighted by molar-refractivity contribution is -0.126. The summed E-state index contributed by atoms with van der Waals surface area (Å²) in [5, 5.41) is 6.95. The number of fused-ring (bicyclic) bond motifs is 1. The van der Waals surface area contributed by atoms with Gasteiger partial charge in [-0.25, -0.2) is 14.1 Å². The van der Waals surface area contributed by atoms with Gasteiger partial charge < -0.3 is 10.1 Å². The van der Waals surface area contributed by atoms with Gasteiger partial charge in [-0.05, 0) is 24.1 Å². The largest absolute Gasteiger partial charge is 0.494 e. The second-order valence-corrected chi connectivity index (χ2v) is 5.28. The molecular formula is C15H17FN4O2. The van der Waals surface area contributed by atoms with Crippen LogP contribution in [0.3, 0.4) is 0 Å². The number of aromatic nitrogens is 3. The van der Waals surface area contributed by atoms with Crippen molar-refractivity contribution in [3.8, 4) is 5.75 Å². The van der Waals surface area contributed by atoms with E-state index in [0.717, 1.165) is 18.7 Å². The number of hydrogen-bond donors (Lipinski definition) is 1. The van der Waals surface area contributed by atoms with Crippen LogP contribution in [0.15, 0.2) is 24.5 Å². The molecule has 6 nitrogen and oxygen atoms in total. The van der Waals surface area contributed by atoms with E-state index in [0.29, 0.717) is 18.7 Å². The van der Waals surface area contributed by atoms with Gasteiger partial charge in [0.05, 0.1) is 19.6 Å². The minimum atomic E-state index is -0.431. The number of nitrogens with zero attached hydrogens (tertiary/aromatic N) is 3. The lowest BCUT2D eigenvalue weighted by Crippen LogP contribution is -2.36. The van der Waals surface area contributed by atoms with Crippen molar-refractivity contribution in [2.45, 2.75) is 25.9 Å². The molecule has 22 heavy (non-hydrogen) atoms. The number of hydrogen-bond acceptors (Lipinski definition) is 4. The summed E-state index contributed by atoms with van der Waals surface area (Å²) >= 11 is 0. The van der Waals surface area contributed by atoms with Crippen molar-refractivity contribution >= 4 is 5.91 Å². The molecule has 1 aromatic carbocycles. The lowest BCUT2D eigenvalue weighted by atomic mass is 9.99. The highest BCUT2D eigenvalue weighted by Gasteiger charge is 2.25. The summed E-state index contributed by atoms with van der Waals surface area (Å²) in [6.07, 6.45) is 3.01. The Labute approximate surface area is 127 Å². The molecule has 2 aromatic rings. The fourth-order valence-corrected chi connectivity index (χ4v) is 2.60. The van der Waals surface area contributed by atoms with E-state index in [4.69, 9.17) is 4.74 Å². The standard InChI is InChI=1S/C15H17FN4O2/c1-22-13-4-2-10(6-12(13)16)7-17-15(21)11-3-5-14-18-9-19-20(14)8-11/h2,4,6,9,11H,3,5,7-8H2,1H3,(H,17,21). The number of ether oxygens (including phenoxy) is 1. The van der Waals surface area contributed by atoms with Crippen LogP contribution >= 0.6 is 0 Å². The first-order valence-electron chi connectivity index (χ1n) is 7.14. The monoisotopic (exact) mass is 304 g/mol. The molecule has 1 atom stereocenters. The third-order valence-corrected chi connectivity index (χ3v) is 3.86. The van der Waals surface area contributed by atoms with Gasteiger partial charge in [0.1, 0.15) is 12.2 Å². The molecule has 1 amide bonds. The molecule has 0 saturated heterocycles. The summed E-state index contributed by atoms with van der Waals surface area (Å²) in [5.41, 5.74) is 0.698. The average molecular weight is 304 g/mol. The molecule has 116 valence electrons. The topological polar surface area (TPSA) is 69.0 Å². The summed E-state index contributed by atoms with van der Waals surface area (Å²) in [4.78, 5) is 16.4. The maximum atomic E-state index is 13.6. The number of carbonyl (C=O) groups is 1. The molecule has 0 saturated carbocycles. The maximum absolute atomic E-state index is 13.6. The molecule has 3 rings (SSSR count). The van der Waals surface area contributed by atoms with Gasteiger partial charge in [0.25, 0.3) is 0 Å². The van der Waals surface area contributed by atoms with E-state index in [1.54, 1.807) is 16.8 Å². The number of benzene rings is 1. The van der Waals surface area contributed by atoms with E-state index in [-0.39, 0.29) is 17.6 Å². The fraction of sp³-hybridized carbons (Fsp3) is 0.400. The van der Waals surface area contributed by atoms with Crippen molar-refractivity contribution in [1.29, 1.82) is 0 Å². The van der Waals surface area contributed by atoms with Gasteiger partial charge >= 0.3 is 0 Å². The SMILES string of the molecule is COc1ccc(CNC(=O)C2CCc3ncnn3C2)cc1F. The minimum Gasteiger partial charge on any atom is -0.494 e. The van der Waals surface area contributed by atoms with Crippen molar-refractivity contribution in [2.24, 2.45) is 5.92 Å². The van der Waals surface area contributed by atoms with Crippen LogP contribution in [-0.4, -0.2) is 27.8 Å². The molecule has 2 heterocycles. The highest BCUT2D eigenvalue weighted by atomic mass is 19.1. The molecule has 0 aliphatic carbocycles. The molecule has 1 aliphatic rings. The number of aryl methyl sites for hydroxylation is 1. The molecule has 0 radical (unpaired) electrons. The molecule has 0 fully saturated rings. The minimum absolute atomic E-state index is 0.0441. The van der Waals surface area contributed by atoms with Crippen molar-refractivity contribution < 1.29 is 13.9 Å². The van der Waals surface area contributed by atoms with Gasteiger partial charge in [0.15, 0.2) is 11.6 Å². The highest BCUT2D eigenvalue weighted by molar-refractivity contribution is 5.78. The second-order valence-electron chi connectivity index (χ2n) is 5.28. The van der Waals surface area contributed by atoms with Crippen LogP contribution in [0.1, 0.15) is 17.8 Å². The van der Waals surface area contributed by atoms with Crippen LogP contribution in [0, 0.1) is 11.7 Å². The Bertz CT molecular complexity index is 686. The fourth-order valence-electron chi connectivity index (χ4n) is 2.60. The van der Waals surface area contributed by atoms with Crippen LogP contribution in [0.4, 0.5) is 4.39 Å². The van der Waals surface area contributed by atoms with E-state index >= 15 is 0 Å². The summed E-state index contributed by atoms with van der Waals surface area (Å²) in [7, 11) is 1.42. The predicted octanol–water partition coefficient (Wildman–Crippen LogP) is 1.30. The van der Waals surface area contributed by atoms with Gasteiger partial charge in [0.2, 0.25) is 5.91 Å². The smallest absolute Gasteiger partial charge is 0.225 e. The molecule has 1 N–H and O–H groups in total. The predicted molar refractivity (Wildman–Crippen MR) is 76.6 cm³/mol. The molecular weight excluding hydrogens is 287 g/mol. The van der Waals surface area contributed by atoms with Gasteiger partial charge in [-0.2, -0.15) is 5.10 Å². The zero-order chi connectivity index (χ0) is 15.5. The normalized spacial score (nSPS) is 16.9. The van der Waals surface area contributed by atoms with Gasteiger partial charge in [-0.15, -0.1) is 0 Å². The van der Waals surface area contributed by atoms with Crippen LogP contribution < -0.4 is 10.1 Å². The number of methoxy groups -OCH3 is 1. The average Bonchev–Trinajstić information content (AvgIpc) is 3.00. The molecule has 0 spiro atoms. The number of nitrogens with one attached hydrogen (secondary N) is 1. The van der Waals surface area contributed by atoms with E-state index in [2.05, 4.69) is 15.4 Å². The van der Waals surface area contributed by atoms with Crippen LogP contribution in [0.2, 0.25) is 0 Å². The zero-order valence-corrected chi connectivity index (χ0v) is 12.3. The number of carbonyl (C=O) groups excluding carboxylic acids is 1. The summed E-state index contributed by atoms with van der Waals surface area (Å²) in [6, 6.07) is 4.66. The molecule has 0 bridgehead atoms. The van der Waals surface area contributed by atoms with E-state index in [1.165, 1.54) is 19.5 Å². The summed E-state index contributed by atoms with van der Waals surface area (Å²) < 4.78 is 20.2. The van der Waals surface area contributed by atoms with E-state index < -0.39 is 5.82 Å². The van der Waals surface area contributed by atoms with Crippen LogP contribution in [0.25, 0.3) is 0 Å². The van der Waals surface area contributed by atoms with Gasteiger partial charge in [-0.1, -0.05) is 6.07 Å². The lowest BCUT2D eigenvalue weighted by Gasteiger charge is -2.21. The van der Waals surface area contributed by atoms with Crippen LogP contribution in [-0.2, 0) is 24.3 Å². The third kappa shape index (κ3) is 2.93. The van der Waals surface area contributed by atoms with Crippen molar-refractivity contribution in [3.63, 3.8) is 0 Å². The van der Waals surface area contributed by atoms with E-state index in [1.807, 2.05) is 0 Å². The Morgan fingerprint density at radius 2 is 2.41 bits per heavy atom.